The highest BCUT2D eigenvalue weighted by Gasteiger charge is 2.12. The molecule has 0 aliphatic carbocycles. The second-order valence-corrected chi connectivity index (χ2v) is 6.91. The Morgan fingerprint density at radius 3 is 2.45 bits per heavy atom. The lowest BCUT2D eigenvalue weighted by atomic mass is 10.1. The van der Waals surface area contributed by atoms with Gasteiger partial charge < -0.3 is 10.1 Å². The summed E-state index contributed by atoms with van der Waals surface area (Å²) in [7, 11) is 1.87. The molecule has 0 amide bonds. The van der Waals surface area contributed by atoms with Gasteiger partial charge in [-0.25, -0.2) is 0 Å². The van der Waals surface area contributed by atoms with Crippen molar-refractivity contribution in [2.45, 2.75) is 33.0 Å². The summed E-state index contributed by atoms with van der Waals surface area (Å²) in [6, 6.07) is 14.8. The van der Waals surface area contributed by atoms with Crippen LogP contribution in [0.3, 0.4) is 0 Å². The zero-order valence-electron chi connectivity index (χ0n) is 16.8. The number of rotatable bonds is 10. The van der Waals surface area contributed by atoms with Crippen molar-refractivity contribution in [1.82, 2.24) is 15.1 Å². The number of aryl methyl sites for hydroxylation is 1. The Labute approximate surface area is 170 Å². The number of benzene rings is 2. The fourth-order valence-corrected chi connectivity index (χ4v) is 3.18. The van der Waals surface area contributed by atoms with Gasteiger partial charge in [-0.3, -0.25) is 14.8 Å². The van der Waals surface area contributed by atoms with E-state index in [9.17, 15) is 10.1 Å². The second-order valence-electron chi connectivity index (χ2n) is 6.91. The Bertz CT molecular complexity index is 951. The number of aromatic nitrogens is 2. The molecule has 0 aliphatic heterocycles. The number of hydrogen-bond donors (Lipinski definition) is 1. The maximum Gasteiger partial charge on any atom is 0.269 e. The molecule has 0 unspecified atom stereocenters. The van der Waals surface area contributed by atoms with Crippen molar-refractivity contribution < 1.29 is 9.66 Å². The van der Waals surface area contributed by atoms with Crippen molar-refractivity contribution in [3.05, 3.63) is 81.5 Å². The van der Waals surface area contributed by atoms with Gasteiger partial charge in [0.2, 0.25) is 0 Å². The van der Waals surface area contributed by atoms with Crippen LogP contribution >= 0.6 is 0 Å². The standard InChI is InChI=1S/C22H26N4O3/c1-3-12-29-16-19-7-5-4-6-18(19)13-23-14-20-15-25(2)24-22(20)17-8-10-21(11-9-17)26(27)28/h4-11,15,23H,3,12-14,16H2,1-2H3. The van der Waals surface area contributed by atoms with Gasteiger partial charge in [-0.1, -0.05) is 31.2 Å². The molecule has 7 heteroatoms. The van der Waals surface area contributed by atoms with Gasteiger partial charge in [-0.2, -0.15) is 5.10 Å². The number of hydrogen-bond acceptors (Lipinski definition) is 5. The highest BCUT2D eigenvalue weighted by Crippen LogP contribution is 2.24. The monoisotopic (exact) mass is 394 g/mol. The summed E-state index contributed by atoms with van der Waals surface area (Å²) in [6.07, 6.45) is 2.98. The smallest absolute Gasteiger partial charge is 0.269 e. The Morgan fingerprint density at radius 1 is 1.07 bits per heavy atom. The van der Waals surface area contributed by atoms with Gasteiger partial charge in [-0.05, 0) is 29.7 Å². The first kappa shape index (κ1) is 20.7. The molecule has 1 N–H and O–H groups in total. The molecule has 1 aromatic heterocycles. The summed E-state index contributed by atoms with van der Waals surface area (Å²) in [4.78, 5) is 10.5. The summed E-state index contributed by atoms with van der Waals surface area (Å²) >= 11 is 0. The molecule has 0 aliphatic rings. The SMILES string of the molecule is CCCOCc1ccccc1CNCc1cn(C)nc1-c1ccc([N+](=O)[O-])cc1. The predicted molar refractivity (Wildman–Crippen MR) is 112 cm³/mol. The predicted octanol–water partition coefficient (Wildman–Crippen LogP) is 4.21. The highest BCUT2D eigenvalue weighted by molar-refractivity contribution is 5.64. The van der Waals surface area contributed by atoms with Gasteiger partial charge in [-0.15, -0.1) is 0 Å². The van der Waals surface area contributed by atoms with Crippen LogP contribution in [0.25, 0.3) is 11.3 Å². The largest absolute Gasteiger partial charge is 0.377 e. The first-order valence-corrected chi connectivity index (χ1v) is 9.71. The van der Waals surface area contributed by atoms with Gasteiger partial charge in [0, 0.05) is 56.2 Å². The number of ether oxygens (including phenoxy) is 1. The minimum atomic E-state index is -0.396. The summed E-state index contributed by atoms with van der Waals surface area (Å²) in [5.74, 6) is 0. The molecule has 0 saturated carbocycles. The summed E-state index contributed by atoms with van der Waals surface area (Å²) in [5.41, 5.74) is 5.21. The molecule has 152 valence electrons. The lowest BCUT2D eigenvalue weighted by Gasteiger charge is -2.11. The summed E-state index contributed by atoms with van der Waals surface area (Å²) < 4.78 is 7.46. The van der Waals surface area contributed by atoms with Crippen molar-refractivity contribution in [2.24, 2.45) is 7.05 Å². The van der Waals surface area contributed by atoms with E-state index in [1.165, 1.54) is 23.3 Å². The average Bonchev–Trinajstić information content (AvgIpc) is 3.10. The van der Waals surface area contributed by atoms with E-state index in [0.29, 0.717) is 13.2 Å². The highest BCUT2D eigenvalue weighted by atomic mass is 16.6. The number of nitro groups is 1. The number of nitro benzene ring substituents is 1. The molecule has 0 spiro atoms. The molecule has 0 saturated heterocycles. The molecule has 1 heterocycles. The summed E-state index contributed by atoms with van der Waals surface area (Å²) in [5, 5.41) is 18.9. The molecular weight excluding hydrogens is 368 g/mol. The molecular formula is C22H26N4O3. The minimum absolute atomic E-state index is 0.0752. The molecule has 0 bridgehead atoms. The van der Waals surface area contributed by atoms with Gasteiger partial charge in [0.25, 0.3) is 5.69 Å². The Balaban J connectivity index is 1.67. The van der Waals surface area contributed by atoms with Gasteiger partial charge in [0.1, 0.15) is 0 Å². The van der Waals surface area contributed by atoms with Crippen molar-refractivity contribution in [1.29, 1.82) is 0 Å². The van der Waals surface area contributed by atoms with Crippen molar-refractivity contribution in [3.63, 3.8) is 0 Å². The fraction of sp³-hybridized carbons (Fsp3) is 0.318. The average molecular weight is 394 g/mol. The first-order chi connectivity index (χ1) is 14.1. The molecule has 0 fully saturated rings. The molecule has 0 atom stereocenters. The van der Waals surface area contributed by atoms with Crippen LogP contribution in [0.4, 0.5) is 5.69 Å². The maximum absolute atomic E-state index is 10.9. The van der Waals surface area contributed by atoms with E-state index in [2.05, 4.69) is 29.5 Å². The van der Waals surface area contributed by atoms with E-state index in [1.807, 2.05) is 25.4 Å². The lowest BCUT2D eigenvalue weighted by Crippen LogP contribution is -2.14. The van der Waals surface area contributed by atoms with E-state index in [0.717, 1.165) is 36.4 Å². The zero-order valence-corrected chi connectivity index (χ0v) is 16.8. The van der Waals surface area contributed by atoms with E-state index in [1.54, 1.807) is 16.8 Å². The molecule has 3 aromatic rings. The third-order valence-corrected chi connectivity index (χ3v) is 4.61. The lowest BCUT2D eigenvalue weighted by molar-refractivity contribution is -0.384. The van der Waals surface area contributed by atoms with E-state index < -0.39 is 4.92 Å². The van der Waals surface area contributed by atoms with Gasteiger partial charge in [0.15, 0.2) is 0 Å². The van der Waals surface area contributed by atoms with Crippen LogP contribution in [0.15, 0.2) is 54.7 Å². The molecule has 0 radical (unpaired) electrons. The Kier molecular flexibility index (Phi) is 7.10. The first-order valence-electron chi connectivity index (χ1n) is 9.71. The quantitative estimate of drug-likeness (QED) is 0.316. The van der Waals surface area contributed by atoms with Gasteiger partial charge in [0.05, 0.1) is 17.2 Å². The van der Waals surface area contributed by atoms with E-state index in [-0.39, 0.29) is 5.69 Å². The van der Waals surface area contributed by atoms with Crippen LogP contribution in [0, 0.1) is 10.1 Å². The van der Waals surface area contributed by atoms with Crippen LogP contribution in [-0.2, 0) is 31.5 Å². The topological polar surface area (TPSA) is 82.2 Å². The van der Waals surface area contributed by atoms with Crippen LogP contribution < -0.4 is 5.32 Å². The maximum atomic E-state index is 10.9. The normalized spacial score (nSPS) is 11.0. The van der Waals surface area contributed by atoms with E-state index in [4.69, 9.17) is 4.74 Å². The molecule has 2 aromatic carbocycles. The van der Waals surface area contributed by atoms with Gasteiger partial charge >= 0.3 is 0 Å². The van der Waals surface area contributed by atoms with Crippen LogP contribution in [-0.4, -0.2) is 21.3 Å². The third kappa shape index (κ3) is 5.49. The fourth-order valence-electron chi connectivity index (χ4n) is 3.18. The third-order valence-electron chi connectivity index (χ3n) is 4.61. The molecule has 29 heavy (non-hydrogen) atoms. The minimum Gasteiger partial charge on any atom is -0.377 e. The van der Waals surface area contributed by atoms with Crippen molar-refractivity contribution >= 4 is 5.69 Å². The summed E-state index contributed by atoms with van der Waals surface area (Å²) in [6.45, 7) is 4.84. The molecule has 3 rings (SSSR count). The van der Waals surface area contributed by atoms with Crippen LogP contribution in [0.1, 0.15) is 30.0 Å². The van der Waals surface area contributed by atoms with Crippen molar-refractivity contribution in [3.8, 4) is 11.3 Å². The second kappa shape index (κ2) is 9.95. The number of nitrogens with zero attached hydrogens (tertiary/aromatic N) is 3. The number of nitrogens with one attached hydrogen (secondary N) is 1. The van der Waals surface area contributed by atoms with Crippen LogP contribution in [0.2, 0.25) is 0 Å². The van der Waals surface area contributed by atoms with Crippen molar-refractivity contribution in [2.75, 3.05) is 6.61 Å². The number of non-ortho nitro benzene ring substituents is 1. The Morgan fingerprint density at radius 2 is 1.76 bits per heavy atom. The van der Waals surface area contributed by atoms with Crippen LogP contribution in [0.5, 0.6) is 0 Å². The molecule has 7 nitrogen and oxygen atoms in total. The van der Waals surface area contributed by atoms with E-state index >= 15 is 0 Å². The Hall–Kier alpha value is -3.03. The zero-order chi connectivity index (χ0) is 20.6.